The maximum Gasteiger partial charge on any atom is 0.137 e. The second-order valence-electron chi connectivity index (χ2n) is 3.53. The molecule has 2 heterocycles. The molecule has 0 aliphatic carbocycles. The molecule has 2 aromatic rings. The zero-order valence-corrected chi connectivity index (χ0v) is 8.54. The zero-order chi connectivity index (χ0) is 10.7. The van der Waals surface area contributed by atoms with Gasteiger partial charge in [0.25, 0.3) is 0 Å². The smallest absolute Gasteiger partial charge is 0.137 e. The van der Waals surface area contributed by atoms with Gasteiger partial charge in [-0.25, -0.2) is 9.67 Å². The Morgan fingerprint density at radius 1 is 1.47 bits per heavy atom. The molecule has 5 nitrogen and oxygen atoms in total. The zero-order valence-electron chi connectivity index (χ0n) is 8.54. The molecule has 0 fully saturated rings. The number of aromatic nitrogens is 4. The molecule has 1 atom stereocenters. The van der Waals surface area contributed by atoms with Crippen molar-refractivity contribution in [3.8, 4) is 0 Å². The largest absolute Gasteiger partial charge is 0.328 e. The molecule has 0 saturated carbocycles. The Labute approximate surface area is 88.0 Å². The molecule has 2 N–H and O–H groups in total. The van der Waals surface area contributed by atoms with E-state index in [2.05, 4.69) is 15.1 Å². The van der Waals surface area contributed by atoms with Crippen LogP contribution in [-0.2, 0) is 5.54 Å². The summed E-state index contributed by atoms with van der Waals surface area (Å²) in [6.45, 7) is 2.41. The van der Waals surface area contributed by atoms with E-state index in [-0.39, 0.29) is 0 Å². The topological polar surface area (TPSA) is 69.6 Å². The van der Waals surface area contributed by atoms with E-state index >= 15 is 0 Å². The van der Waals surface area contributed by atoms with E-state index in [1.165, 1.54) is 6.33 Å². The van der Waals surface area contributed by atoms with E-state index in [1.807, 2.05) is 25.1 Å². The summed E-state index contributed by atoms with van der Waals surface area (Å²) in [7, 11) is 0. The van der Waals surface area contributed by atoms with Gasteiger partial charge in [-0.05, 0) is 19.1 Å². The molecule has 0 amide bonds. The number of pyridine rings is 1. The minimum atomic E-state index is -0.433. The van der Waals surface area contributed by atoms with Crippen molar-refractivity contribution in [2.24, 2.45) is 5.73 Å². The highest BCUT2D eigenvalue weighted by molar-refractivity contribution is 5.16. The number of nitrogens with zero attached hydrogens (tertiary/aromatic N) is 4. The van der Waals surface area contributed by atoms with Crippen molar-refractivity contribution in [1.82, 2.24) is 19.7 Å². The van der Waals surface area contributed by atoms with Crippen molar-refractivity contribution in [2.75, 3.05) is 6.54 Å². The first kappa shape index (κ1) is 9.79. The molecule has 15 heavy (non-hydrogen) atoms. The second kappa shape index (κ2) is 3.78. The van der Waals surface area contributed by atoms with Crippen LogP contribution in [0.25, 0.3) is 0 Å². The van der Waals surface area contributed by atoms with Crippen LogP contribution in [0, 0.1) is 0 Å². The first-order chi connectivity index (χ1) is 7.27. The number of hydrogen-bond acceptors (Lipinski definition) is 4. The summed E-state index contributed by atoms with van der Waals surface area (Å²) in [5, 5.41) is 4.12. The summed E-state index contributed by atoms with van der Waals surface area (Å²) in [4.78, 5) is 8.24. The molecule has 0 aromatic carbocycles. The average molecular weight is 203 g/mol. The van der Waals surface area contributed by atoms with Gasteiger partial charge in [0.15, 0.2) is 0 Å². The van der Waals surface area contributed by atoms with Gasteiger partial charge in [-0.15, -0.1) is 0 Å². The van der Waals surface area contributed by atoms with E-state index < -0.39 is 5.54 Å². The first-order valence-electron chi connectivity index (χ1n) is 4.74. The van der Waals surface area contributed by atoms with Gasteiger partial charge in [0.2, 0.25) is 0 Å². The Morgan fingerprint density at radius 3 is 2.87 bits per heavy atom. The maximum absolute atomic E-state index is 5.80. The lowest BCUT2D eigenvalue weighted by Gasteiger charge is -2.27. The van der Waals surface area contributed by atoms with Crippen molar-refractivity contribution >= 4 is 0 Å². The van der Waals surface area contributed by atoms with Crippen LogP contribution < -0.4 is 5.73 Å². The van der Waals surface area contributed by atoms with Crippen molar-refractivity contribution in [2.45, 2.75) is 12.5 Å². The third kappa shape index (κ3) is 1.61. The minimum absolute atomic E-state index is 0.424. The lowest BCUT2D eigenvalue weighted by molar-refractivity contribution is 0.353. The van der Waals surface area contributed by atoms with Crippen LogP contribution in [0.1, 0.15) is 12.6 Å². The summed E-state index contributed by atoms with van der Waals surface area (Å²) < 4.78 is 1.73. The minimum Gasteiger partial charge on any atom is -0.328 e. The molecule has 0 aliphatic rings. The standard InChI is InChI=1S/C10H13N5/c1-10(6-11,15-8-12-7-14-15)9-4-2-3-5-13-9/h2-5,7-8H,6,11H2,1H3. The molecule has 2 aromatic heterocycles. The van der Waals surface area contributed by atoms with Gasteiger partial charge in [-0.3, -0.25) is 4.98 Å². The second-order valence-corrected chi connectivity index (χ2v) is 3.53. The first-order valence-corrected chi connectivity index (χ1v) is 4.74. The normalized spacial score (nSPS) is 14.8. The Morgan fingerprint density at radius 2 is 2.33 bits per heavy atom. The van der Waals surface area contributed by atoms with Crippen LogP contribution >= 0.6 is 0 Å². The molecule has 0 spiro atoms. The predicted molar refractivity (Wildman–Crippen MR) is 56.1 cm³/mol. The number of hydrogen-bond donors (Lipinski definition) is 1. The third-order valence-electron chi connectivity index (χ3n) is 2.54. The van der Waals surface area contributed by atoms with Gasteiger partial charge in [0.1, 0.15) is 18.2 Å². The van der Waals surface area contributed by atoms with E-state index in [0.29, 0.717) is 6.54 Å². The molecule has 78 valence electrons. The van der Waals surface area contributed by atoms with Gasteiger partial charge < -0.3 is 5.73 Å². The Kier molecular flexibility index (Phi) is 2.47. The molecule has 1 unspecified atom stereocenters. The molecule has 0 aliphatic heterocycles. The van der Waals surface area contributed by atoms with E-state index in [1.54, 1.807) is 17.2 Å². The van der Waals surface area contributed by atoms with Gasteiger partial charge in [-0.2, -0.15) is 5.10 Å². The van der Waals surface area contributed by atoms with Gasteiger partial charge >= 0.3 is 0 Å². The highest BCUT2D eigenvalue weighted by Crippen LogP contribution is 2.20. The maximum atomic E-state index is 5.80. The quantitative estimate of drug-likeness (QED) is 0.783. The fraction of sp³-hybridized carbons (Fsp3) is 0.300. The van der Waals surface area contributed by atoms with Crippen LogP contribution in [0.5, 0.6) is 0 Å². The Bertz CT molecular complexity index is 411. The molecular formula is C10H13N5. The van der Waals surface area contributed by atoms with Crippen molar-refractivity contribution in [1.29, 1.82) is 0 Å². The summed E-state index contributed by atoms with van der Waals surface area (Å²) in [6.07, 6.45) is 4.90. The van der Waals surface area contributed by atoms with E-state index in [9.17, 15) is 0 Å². The van der Waals surface area contributed by atoms with Crippen molar-refractivity contribution in [3.05, 3.63) is 42.7 Å². The summed E-state index contributed by atoms with van der Waals surface area (Å²) in [5.41, 5.74) is 6.26. The fourth-order valence-corrected chi connectivity index (χ4v) is 1.46. The van der Waals surface area contributed by atoms with Crippen LogP contribution in [0.3, 0.4) is 0 Å². The van der Waals surface area contributed by atoms with Gasteiger partial charge in [-0.1, -0.05) is 6.07 Å². The highest BCUT2D eigenvalue weighted by Gasteiger charge is 2.29. The highest BCUT2D eigenvalue weighted by atomic mass is 15.4. The van der Waals surface area contributed by atoms with Crippen molar-refractivity contribution in [3.63, 3.8) is 0 Å². The lowest BCUT2D eigenvalue weighted by Crippen LogP contribution is -2.40. The monoisotopic (exact) mass is 203 g/mol. The SMILES string of the molecule is CC(CN)(c1ccccn1)n1cncn1. The Balaban J connectivity index is 2.47. The number of rotatable bonds is 3. The predicted octanol–water partition coefficient (Wildman–Crippen LogP) is 0.395. The Hall–Kier alpha value is -1.75. The van der Waals surface area contributed by atoms with Crippen LogP contribution in [-0.4, -0.2) is 26.3 Å². The summed E-state index contributed by atoms with van der Waals surface area (Å²) >= 11 is 0. The molecule has 2 rings (SSSR count). The van der Waals surface area contributed by atoms with Crippen LogP contribution in [0.2, 0.25) is 0 Å². The summed E-state index contributed by atoms with van der Waals surface area (Å²) in [5.74, 6) is 0. The van der Waals surface area contributed by atoms with E-state index in [0.717, 1.165) is 5.69 Å². The third-order valence-corrected chi connectivity index (χ3v) is 2.54. The molecular weight excluding hydrogens is 190 g/mol. The molecule has 0 saturated heterocycles. The molecule has 0 radical (unpaired) electrons. The average Bonchev–Trinajstić information content (AvgIpc) is 2.83. The van der Waals surface area contributed by atoms with Crippen LogP contribution in [0.15, 0.2) is 37.1 Å². The fourth-order valence-electron chi connectivity index (χ4n) is 1.46. The molecule has 5 heteroatoms. The van der Waals surface area contributed by atoms with E-state index in [4.69, 9.17) is 5.73 Å². The van der Waals surface area contributed by atoms with Gasteiger partial charge in [0.05, 0.1) is 5.69 Å². The summed E-state index contributed by atoms with van der Waals surface area (Å²) in [6, 6.07) is 5.75. The lowest BCUT2D eigenvalue weighted by atomic mass is 9.98. The molecule has 0 bridgehead atoms. The van der Waals surface area contributed by atoms with Crippen LogP contribution in [0.4, 0.5) is 0 Å². The number of nitrogens with two attached hydrogens (primary N) is 1. The van der Waals surface area contributed by atoms with Crippen molar-refractivity contribution < 1.29 is 0 Å². The van der Waals surface area contributed by atoms with Gasteiger partial charge in [0, 0.05) is 12.7 Å².